The van der Waals surface area contributed by atoms with E-state index >= 15 is 0 Å². The molecule has 71 heavy (non-hydrogen) atoms. The zero-order valence-corrected chi connectivity index (χ0v) is 38.5. The fourth-order valence-corrected chi connectivity index (χ4v) is 10.8. The highest BCUT2D eigenvalue weighted by molar-refractivity contribution is 6.17. The number of fused-ring (bicyclic) bond motifs is 10. The molecule has 0 unspecified atom stereocenters. The van der Waals surface area contributed by atoms with Gasteiger partial charge in [0.15, 0.2) is 23.1 Å². The van der Waals surface area contributed by atoms with Gasteiger partial charge in [-0.1, -0.05) is 158 Å². The molecule has 7 nitrogen and oxygen atoms in total. The predicted octanol–water partition coefficient (Wildman–Crippen LogP) is 14.9. The molecule has 5 aromatic heterocycles. The van der Waals surface area contributed by atoms with Crippen molar-refractivity contribution in [2.45, 2.75) is 6.92 Å². The van der Waals surface area contributed by atoms with E-state index in [0.717, 1.165) is 99.4 Å². The number of nitrogens with zero attached hydrogens (tertiary/aromatic N) is 5. The molecule has 0 saturated heterocycles. The van der Waals surface area contributed by atoms with Crippen molar-refractivity contribution in [3.05, 3.63) is 235 Å². The molecular weight excluding hydrogens is 871 g/mol. The summed E-state index contributed by atoms with van der Waals surface area (Å²) in [6, 6.07) is 71.9. The number of aromatic nitrogens is 5. The van der Waals surface area contributed by atoms with Gasteiger partial charge in [-0.3, -0.25) is 0 Å². The van der Waals surface area contributed by atoms with E-state index in [2.05, 4.69) is 180 Å². The van der Waals surface area contributed by atoms with Gasteiger partial charge in [0.25, 0.3) is 0 Å². The molecule has 0 aliphatic heterocycles. The summed E-state index contributed by atoms with van der Waals surface area (Å²) in [5.41, 5.74) is 14.1. The zero-order valence-electron chi connectivity index (χ0n) is 38.5. The van der Waals surface area contributed by atoms with E-state index in [0.29, 0.717) is 22.9 Å². The summed E-state index contributed by atoms with van der Waals surface area (Å²) in [7, 11) is 0. The van der Waals surface area contributed by atoms with Crippen LogP contribution in [-0.2, 0) is 0 Å². The van der Waals surface area contributed by atoms with E-state index in [1.807, 2.05) is 61.5 Å². The van der Waals surface area contributed by atoms with E-state index in [-0.39, 0.29) is 0 Å². The highest BCUT2D eigenvalue weighted by Crippen LogP contribution is 2.43. The second-order valence-electron chi connectivity index (χ2n) is 17.9. The molecular formula is C64H41N5O2. The van der Waals surface area contributed by atoms with Gasteiger partial charge in [0.05, 0.1) is 27.8 Å². The van der Waals surface area contributed by atoms with Gasteiger partial charge in [-0.25, -0.2) is 15.0 Å². The standard InChI is InChI=1S/C64H41N5O2/c1-3-43(64-66-62(39-19-6-5-7-20-39)65-63(67-64)41-21-18-22-42(37-41)68-51-28-13-8-23-45(51)46-24-9-14-29-52(46)68)59-50-38-40(33-36-58(50)70-56(59)4-2)44-34-35-55(61-60(44)49-27-12-17-32-57(49)71-61)69-53-30-15-10-25-47(53)48-26-11-16-31-54(48)69/h3-38H,1H2,2H3/b56-4+,59-43+. The van der Waals surface area contributed by atoms with Gasteiger partial charge in [0, 0.05) is 65.3 Å². The maximum absolute atomic E-state index is 6.89. The van der Waals surface area contributed by atoms with Crippen molar-refractivity contribution >= 4 is 88.2 Å². The highest BCUT2D eigenvalue weighted by atomic mass is 16.3. The number of hydrogen-bond acceptors (Lipinski definition) is 5. The van der Waals surface area contributed by atoms with Gasteiger partial charge in [-0.05, 0) is 84.8 Å². The van der Waals surface area contributed by atoms with Crippen LogP contribution in [0.4, 0.5) is 0 Å². The molecule has 334 valence electrons. The smallest absolute Gasteiger partial charge is 0.164 e. The Balaban J connectivity index is 0.982. The summed E-state index contributed by atoms with van der Waals surface area (Å²) in [5, 5.41) is 8.64. The molecule has 14 rings (SSSR count). The first-order chi connectivity index (χ1) is 35.1. The summed E-state index contributed by atoms with van der Waals surface area (Å²) < 4.78 is 18.2. The fourth-order valence-electron chi connectivity index (χ4n) is 10.8. The molecule has 0 aliphatic carbocycles. The molecule has 0 N–H and O–H groups in total. The molecule has 0 aliphatic rings. The third-order valence-corrected chi connectivity index (χ3v) is 13.9. The normalized spacial score (nSPS) is 12.7. The molecule has 0 radical (unpaired) electrons. The van der Waals surface area contributed by atoms with Crippen molar-refractivity contribution in [1.29, 1.82) is 0 Å². The predicted molar refractivity (Wildman–Crippen MR) is 290 cm³/mol. The monoisotopic (exact) mass is 911 g/mol. The van der Waals surface area contributed by atoms with E-state index in [1.54, 1.807) is 0 Å². The third-order valence-electron chi connectivity index (χ3n) is 13.9. The minimum Gasteiger partial charge on any atom is -0.456 e. The molecule has 9 aromatic carbocycles. The van der Waals surface area contributed by atoms with Crippen LogP contribution < -0.4 is 10.6 Å². The van der Waals surface area contributed by atoms with Crippen LogP contribution in [0.3, 0.4) is 0 Å². The Kier molecular flexibility index (Phi) is 9.13. The average Bonchev–Trinajstić information content (AvgIpc) is 4.19. The van der Waals surface area contributed by atoms with Crippen molar-refractivity contribution in [3.63, 3.8) is 0 Å². The molecule has 5 heterocycles. The Morgan fingerprint density at radius 2 is 1.03 bits per heavy atom. The second-order valence-corrected chi connectivity index (χ2v) is 17.9. The van der Waals surface area contributed by atoms with Crippen molar-refractivity contribution in [2.24, 2.45) is 0 Å². The Morgan fingerprint density at radius 1 is 0.465 bits per heavy atom. The molecule has 0 spiro atoms. The third kappa shape index (κ3) is 6.26. The SMILES string of the molecule is C=C/C(c1nc(-c2ccccc2)nc(-c2cccc(-n3c4ccccc4c4ccccc43)c2)n1)=c1\c(=C/C)oc2ccc(-c3ccc(-n4c5ccccc5c5ccccc54)c4oc5ccccc5c34)cc12. The number of para-hydroxylation sites is 5. The van der Waals surface area contributed by atoms with Crippen LogP contribution in [0.25, 0.3) is 133 Å². The quantitative estimate of drug-likeness (QED) is 0.159. The van der Waals surface area contributed by atoms with Crippen molar-refractivity contribution in [2.75, 3.05) is 0 Å². The number of furan rings is 2. The molecule has 0 atom stereocenters. The topological polar surface area (TPSA) is 74.8 Å². The van der Waals surface area contributed by atoms with E-state index in [9.17, 15) is 0 Å². The minimum atomic E-state index is 0.487. The van der Waals surface area contributed by atoms with Crippen LogP contribution in [0, 0.1) is 0 Å². The lowest BCUT2D eigenvalue weighted by Crippen LogP contribution is -2.24. The molecule has 7 heteroatoms. The summed E-state index contributed by atoms with van der Waals surface area (Å²) in [6.45, 7) is 6.39. The zero-order chi connectivity index (χ0) is 47.2. The summed E-state index contributed by atoms with van der Waals surface area (Å²) >= 11 is 0. The Labute approximate surface area is 406 Å². The van der Waals surface area contributed by atoms with Crippen molar-refractivity contribution in [3.8, 4) is 45.3 Å². The summed E-state index contributed by atoms with van der Waals surface area (Å²) in [4.78, 5) is 15.7. The van der Waals surface area contributed by atoms with Crippen LogP contribution >= 0.6 is 0 Å². The van der Waals surface area contributed by atoms with Gasteiger partial charge in [-0.2, -0.15) is 0 Å². The highest BCUT2D eigenvalue weighted by Gasteiger charge is 2.22. The first kappa shape index (κ1) is 40.5. The maximum atomic E-state index is 6.89. The minimum absolute atomic E-state index is 0.487. The van der Waals surface area contributed by atoms with Gasteiger partial charge >= 0.3 is 0 Å². The van der Waals surface area contributed by atoms with Gasteiger partial charge in [0.2, 0.25) is 0 Å². The maximum Gasteiger partial charge on any atom is 0.164 e. The molecule has 0 saturated carbocycles. The fraction of sp³-hybridized carbons (Fsp3) is 0.0156. The van der Waals surface area contributed by atoms with Crippen LogP contribution in [-0.4, -0.2) is 24.1 Å². The molecule has 14 aromatic rings. The van der Waals surface area contributed by atoms with Crippen LogP contribution in [0.5, 0.6) is 0 Å². The van der Waals surface area contributed by atoms with Crippen molar-refractivity contribution < 1.29 is 8.83 Å². The Hall–Kier alpha value is -9.59. The van der Waals surface area contributed by atoms with Crippen LogP contribution in [0.2, 0.25) is 0 Å². The Bertz CT molecular complexity index is 4520. The largest absolute Gasteiger partial charge is 0.456 e. The second kappa shape index (κ2) is 16.0. The average molecular weight is 912 g/mol. The molecule has 0 amide bonds. The number of allylic oxidation sites excluding steroid dienone is 1. The molecule has 0 bridgehead atoms. The first-order valence-corrected chi connectivity index (χ1v) is 23.8. The van der Waals surface area contributed by atoms with E-state index in [4.69, 9.17) is 23.8 Å². The lowest BCUT2D eigenvalue weighted by molar-refractivity contribution is 0.574. The van der Waals surface area contributed by atoms with E-state index < -0.39 is 0 Å². The summed E-state index contributed by atoms with van der Waals surface area (Å²) in [6.07, 6.45) is 3.84. The number of benzene rings is 9. The van der Waals surface area contributed by atoms with Gasteiger partial charge in [0.1, 0.15) is 16.6 Å². The lowest BCUT2D eigenvalue weighted by atomic mass is 9.97. The van der Waals surface area contributed by atoms with Gasteiger partial charge in [-0.15, -0.1) is 0 Å². The summed E-state index contributed by atoms with van der Waals surface area (Å²) in [5.74, 6) is 1.59. The van der Waals surface area contributed by atoms with Crippen LogP contribution in [0.15, 0.2) is 228 Å². The van der Waals surface area contributed by atoms with Gasteiger partial charge < -0.3 is 18.0 Å². The number of rotatable bonds is 7. The number of hydrogen-bond donors (Lipinski definition) is 0. The molecule has 0 fully saturated rings. The Morgan fingerprint density at radius 3 is 1.68 bits per heavy atom. The lowest BCUT2D eigenvalue weighted by Gasteiger charge is -2.12. The first-order valence-electron chi connectivity index (χ1n) is 23.8. The van der Waals surface area contributed by atoms with Crippen molar-refractivity contribution in [1.82, 2.24) is 24.1 Å². The van der Waals surface area contributed by atoms with Crippen LogP contribution in [0.1, 0.15) is 12.7 Å². The van der Waals surface area contributed by atoms with E-state index in [1.165, 1.54) is 21.5 Å².